The highest BCUT2D eigenvalue weighted by Crippen LogP contribution is 2.30. The highest BCUT2D eigenvalue weighted by Gasteiger charge is 2.35. The van der Waals surface area contributed by atoms with Crippen molar-refractivity contribution in [2.75, 3.05) is 31.7 Å². The van der Waals surface area contributed by atoms with Gasteiger partial charge in [0.15, 0.2) is 0 Å². The van der Waals surface area contributed by atoms with Gasteiger partial charge in [-0.15, -0.1) is 0 Å². The first-order chi connectivity index (χ1) is 12.0. The van der Waals surface area contributed by atoms with E-state index in [0.717, 1.165) is 19.4 Å². The van der Waals surface area contributed by atoms with Crippen LogP contribution in [-0.2, 0) is 15.7 Å². The minimum absolute atomic E-state index is 0.174. The predicted octanol–water partition coefficient (Wildman–Crippen LogP) is 3.65. The minimum atomic E-state index is -4.58. The van der Waals surface area contributed by atoms with Crippen LogP contribution in [0.2, 0.25) is 0 Å². The van der Waals surface area contributed by atoms with E-state index in [9.17, 15) is 13.2 Å². The third-order valence-corrected chi connectivity index (χ3v) is 3.94. The molecule has 1 unspecified atom stereocenters. The predicted molar refractivity (Wildman–Crippen MR) is 87.4 cm³/mol. The summed E-state index contributed by atoms with van der Waals surface area (Å²) in [5, 5.41) is 3.53. The molecule has 1 N–H and O–H groups in total. The average molecular weight is 355 g/mol. The summed E-state index contributed by atoms with van der Waals surface area (Å²) in [5.41, 5.74) is 0.266. The van der Waals surface area contributed by atoms with Crippen molar-refractivity contribution in [3.63, 3.8) is 0 Å². The molecule has 2 heterocycles. The van der Waals surface area contributed by atoms with E-state index in [0.29, 0.717) is 31.6 Å². The molecule has 0 amide bonds. The van der Waals surface area contributed by atoms with Crippen LogP contribution in [0.25, 0.3) is 10.9 Å². The van der Waals surface area contributed by atoms with Crippen molar-refractivity contribution >= 4 is 16.7 Å². The summed E-state index contributed by atoms with van der Waals surface area (Å²) >= 11 is 0. The number of halogens is 3. The molecule has 0 bridgehead atoms. The van der Waals surface area contributed by atoms with Gasteiger partial charge in [0.1, 0.15) is 5.82 Å². The number of rotatable bonds is 7. The summed E-state index contributed by atoms with van der Waals surface area (Å²) in [4.78, 5) is 7.24. The number of alkyl halides is 3. The van der Waals surface area contributed by atoms with Gasteiger partial charge in [0.2, 0.25) is 5.82 Å². The van der Waals surface area contributed by atoms with Gasteiger partial charge in [-0.05, 0) is 31.4 Å². The third-order valence-electron chi connectivity index (χ3n) is 3.94. The van der Waals surface area contributed by atoms with Gasteiger partial charge in [0, 0.05) is 25.1 Å². The lowest BCUT2D eigenvalue weighted by Gasteiger charge is -2.13. The fraction of sp³-hybridized carbons (Fsp3) is 0.529. The molecule has 2 aromatic rings. The molecule has 0 spiro atoms. The van der Waals surface area contributed by atoms with Crippen LogP contribution in [0.1, 0.15) is 25.1 Å². The Kier molecular flexibility index (Phi) is 5.70. The Balaban J connectivity index is 1.56. The lowest BCUT2D eigenvalue weighted by molar-refractivity contribution is -0.144. The van der Waals surface area contributed by atoms with Crippen LogP contribution in [0, 0.1) is 0 Å². The Morgan fingerprint density at radius 2 is 2.08 bits per heavy atom. The van der Waals surface area contributed by atoms with Gasteiger partial charge in [-0.1, -0.05) is 12.1 Å². The van der Waals surface area contributed by atoms with E-state index in [-0.39, 0.29) is 17.4 Å². The summed E-state index contributed by atoms with van der Waals surface area (Å²) in [7, 11) is 0. The molecule has 0 saturated carbocycles. The number of aromatic nitrogens is 2. The monoisotopic (exact) mass is 355 g/mol. The van der Waals surface area contributed by atoms with E-state index >= 15 is 0 Å². The molecule has 1 saturated heterocycles. The highest BCUT2D eigenvalue weighted by molar-refractivity contribution is 5.89. The molecule has 0 radical (unpaired) electrons. The molecule has 1 aliphatic rings. The van der Waals surface area contributed by atoms with Gasteiger partial charge < -0.3 is 14.8 Å². The third kappa shape index (κ3) is 4.79. The Morgan fingerprint density at radius 3 is 2.84 bits per heavy atom. The zero-order valence-electron chi connectivity index (χ0n) is 13.7. The van der Waals surface area contributed by atoms with Crippen LogP contribution in [0.5, 0.6) is 0 Å². The molecule has 0 aliphatic carbocycles. The fourth-order valence-corrected chi connectivity index (χ4v) is 2.71. The minimum Gasteiger partial charge on any atom is -0.379 e. The number of fused-ring (bicyclic) bond motifs is 1. The van der Waals surface area contributed by atoms with Crippen LogP contribution in [0.15, 0.2) is 24.3 Å². The SMILES string of the molecule is FC(F)(F)c1nc(NCCCOCC2CCCO2)c2ccccc2n1. The Labute approximate surface area is 143 Å². The fourth-order valence-electron chi connectivity index (χ4n) is 2.71. The molecule has 1 fully saturated rings. The quantitative estimate of drug-likeness (QED) is 0.769. The maximum Gasteiger partial charge on any atom is 0.451 e. The van der Waals surface area contributed by atoms with Gasteiger partial charge in [0.25, 0.3) is 0 Å². The lowest BCUT2D eigenvalue weighted by atomic mass is 10.2. The summed E-state index contributed by atoms with van der Waals surface area (Å²) in [6.45, 7) is 2.33. The number of ether oxygens (including phenoxy) is 2. The summed E-state index contributed by atoms with van der Waals surface area (Å²) < 4.78 is 49.8. The largest absolute Gasteiger partial charge is 0.451 e. The molecular formula is C17H20F3N3O2. The van der Waals surface area contributed by atoms with E-state index < -0.39 is 12.0 Å². The first-order valence-electron chi connectivity index (χ1n) is 8.31. The second kappa shape index (κ2) is 7.97. The molecular weight excluding hydrogens is 335 g/mol. The van der Waals surface area contributed by atoms with E-state index in [4.69, 9.17) is 9.47 Å². The number of hydrogen-bond donors (Lipinski definition) is 1. The smallest absolute Gasteiger partial charge is 0.379 e. The van der Waals surface area contributed by atoms with E-state index in [2.05, 4.69) is 15.3 Å². The molecule has 1 aromatic heterocycles. The van der Waals surface area contributed by atoms with Gasteiger partial charge in [-0.25, -0.2) is 9.97 Å². The van der Waals surface area contributed by atoms with Gasteiger partial charge in [-0.2, -0.15) is 13.2 Å². The standard InChI is InChI=1S/C17H20F3N3O2/c18-17(19,20)16-22-14-7-2-1-6-13(14)15(23-16)21-8-4-9-24-11-12-5-3-10-25-12/h1-2,6-7,12H,3-5,8-11H2,(H,21,22,23). The van der Waals surface area contributed by atoms with E-state index in [1.54, 1.807) is 24.3 Å². The van der Waals surface area contributed by atoms with Crippen molar-refractivity contribution < 1.29 is 22.6 Å². The van der Waals surface area contributed by atoms with Gasteiger partial charge in [0.05, 0.1) is 18.2 Å². The molecule has 8 heteroatoms. The summed E-state index contributed by atoms with van der Waals surface area (Å²) in [5.74, 6) is -0.944. The molecule has 5 nitrogen and oxygen atoms in total. The van der Waals surface area contributed by atoms with Crippen molar-refractivity contribution in [2.24, 2.45) is 0 Å². The number of para-hydroxylation sites is 1. The van der Waals surface area contributed by atoms with Crippen molar-refractivity contribution in [3.8, 4) is 0 Å². The molecule has 136 valence electrons. The Morgan fingerprint density at radius 1 is 1.24 bits per heavy atom. The Bertz CT molecular complexity index is 703. The van der Waals surface area contributed by atoms with Crippen molar-refractivity contribution in [1.82, 2.24) is 9.97 Å². The molecule has 1 aromatic carbocycles. The number of nitrogens with one attached hydrogen (secondary N) is 1. The second-order valence-corrected chi connectivity index (χ2v) is 5.90. The van der Waals surface area contributed by atoms with Crippen molar-refractivity contribution in [1.29, 1.82) is 0 Å². The first kappa shape index (κ1) is 17.9. The zero-order valence-corrected chi connectivity index (χ0v) is 13.7. The van der Waals surface area contributed by atoms with Crippen LogP contribution >= 0.6 is 0 Å². The number of benzene rings is 1. The van der Waals surface area contributed by atoms with Gasteiger partial charge in [-0.3, -0.25) is 0 Å². The molecule has 3 rings (SSSR count). The van der Waals surface area contributed by atoms with Crippen LogP contribution in [-0.4, -0.2) is 42.4 Å². The second-order valence-electron chi connectivity index (χ2n) is 5.90. The average Bonchev–Trinajstić information content (AvgIpc) is 3.10. The maximum absolute atomic E-state index is 12.9. The zero-order chi connectivity index (χ0) is 17.7. The topological polar surface area (TPSA) is 56.3 Å². The Hall–Kier alpha value is -1.93. The number of hydrogen-bond acceptors (Lipinski definition) is 5. The lowest BCUT2D eigenvalue weighted by Crippen LogP contribution is -2.17. The van der Waals surface area contributed by atoms with Gasteiger partial charge >= 0.3 is 6.18 Å². The highest BCUT2D eigenvalue weighted by atomic mass is 19.4. The number of nitrogens with zero attached hydrogens (tertiary/aromatic N) is 2. The summed E-state index contributed by atoms with van der Waals surface area (Å²) in [6, 6.07) is 6.64. The molecule has 1 aliphatic heterocycles. The van der Waals surface area contributed by atoms with Crippen LogP contribution < -0.4 is 5.32 Å². The van der Waals surface area contributed by atoms with Crippen LogP contribution in [0.4, 0.5) is 19.0 Å². The van der Waals surface area contributed by atoms with E-state index in [1.807, 2.05) is 0 Å². The van der Waals surface area contributed by atoms with Crippen molar-refractivity contribution in [2.45, 2.75) is 31.5 Å². The number of anilines is 1. The van der Waals surface area contributed by atoms with Crippen molar-refractivity contribution in [3.05, 3.63) is 30.1 Å². The molecule has 25 heavy (non-hydrogen) atoms. The van der Waals surface area contributed by atoms with E-state index in [1.165, 1.54) is 0 Å². The molecule has 1 atom stereocenters. The summed E-state index contributed by atoms with van der Waals surface area (Å²) in [6.07, 6.45) is -1.66. The first-order valence-corrected chi connectivity index (χ1v) is 8.31. The van der Waals surface area contributed by atoms with Crippen LogP contribution in [0.3, 0.4) is 0 Å². The normalized spacial score (nSPS) is 18.0. The maximum atomic E-state index is 12.9.